The highest BCUT2D eigenvalue weighted by molar-refractivity contribution is 6.04. The number of urea groups is 1. The van der Waals surface area contributed by atoms with E-state index in [1.165, 1.54) is 10.5 Å². The summed E-state index contributed by atoms with van der Waals surface area (Å²) in [6.07, 6.45) is 3.76. The molecule has 0 unspecified atom stereocenters. The fourth-order valence-corrected chi connectivity index (χ4v) is 4.28. The van der Waals surface area contributed by atoms with Gasteiger partial charge >= 0.3 is 6.03 Å². The quantitative estimate of drug-likeness (QED) is 0.856. The number of amides is 3. The van der Waals surface area contributed by atoms with Crippen LogP contribution in [-0.4, -0.2) is 41.6 Å². The number of hydrogen-bond donors (Lipinski definition) is 1. The maximum atomic E-state index is 12.1. The molecule has 3 amide bonds. The van der Waals surface area contributed by atoms with Gasteiger partial charge in [-0.2, -0.15) is 0 Å². The zero-order chi connectivity index (χ0) is 17.3. The van der Waals surface area contributed by atoms with E-state index in [2.05, 4.69) is 12.2 Å². The third-order valence-corrected chi connectivity index (χ3v) is 6.09. The Balaban J connectivity index is 1.31. The Morgan fingerprint density at radius 1 is 1.28 bits per heavy atom. The van der Waals surface area contributed by atoms with Crippen molar-refractivity contribution in [2.45, 2.75) is 63.1 Å². The first-order valence-electron chi connectivity index (χ1n) is 9.06. The highest BCUT2D eigenvalue weighted by Gasteiger charge is 2.53. The van der Waals surface area contributed by atoms with Crippen LogP contribution < -0.4 is 14.8 Å². The third kappa shape index (κ3) is 2.09. The van der Waals surface area contributed by atoms with Crippen LogP contribution in [0.1, 0.15) is 43.7 Å². The number of hydrogen-bond acceptors (Lipinski definition) is 4. The maximum Gasteiger partial charge on any atom is 0.325 e. The molecule has 6 heteroatoms. The Kier molecular flexibility index (Phi) is 2.95. The van der Waals surface area contributed by atoms with E-state index >= 15 is 0 Å². The zero-order valence-corrected chi connectivity index (χ0v) is 14.5. The molecule has 0 aromatic heterocycles. The first-order valence-corrected chi connectivity index (χ1v) is 9.06. The Morgan fingerprint density at radius 2 is 2.04 bits per heavy atom. The van der Waals surface area contributed by atoms with Crippen molar-refractivity contribution < 1.29 is 19.1 Å². The van der Waals surface area contributed by atoms with Crippen LogP contribution in [0.5, 0.6) is 11.5 Å². The lowest BCUT2D eigenvalue weighted by Gasteiger charge is -2.39. The lowest BCUT2D eigenvalue weighted by atomic mass is 9.87. The number of benzene rings is 1. The first-order chi connectivity index (χ1) is 12.0. The molecule has 6 nitrogen and oxygen atoms in total. The van der Waals surface area contributed by atoms with Crippen LogP contribution in [0.2, 0.25) is 0 Å². The van der Waals surface area contributed by atoms with Gasteiger partial charge in [-0.15, -0.1) is 0 Å². The fraction of sp³-hybridized carbons (Fsp3) is 0.579. The number of carbonyl (C=O) groups is 2. The molecule has 1 saturated heterocycles. The molecule has 1 spiro atoms. The summed E-state index contributed by atoms with van der Waals surface area (Å²) in [6, 6.07) is 3.35. The minimum absolute atomic E-state index is 0.0460. The SMILES string of the molecule is Cc1ccc(O[C@H]2C[C@H](N3C(=O)N[C@@H](C)C3=O)C2)c2c1OCC21CC1. The molecule has 132 valence electrons. The molecule has 5 rings (SSSR count). The van der Waals surface area contributed by atoms with Crippen molar-refractivity contribution >= 4 is 11.9 Å². The Bertz CT molecular complexity index is 780. The molecule has 1 aromatic rings. The van der Waals surface area contributed by atoms with E-state index in [-0.39, 0.29) is 29.5 Å². The summed E-state index contributed by atoms with van der Waals surface area (Å²) in [7, 11) is 0. The van der Waals surface area contributed by atoms with Crippen molar-refractivity contribution in [3.8, 4) is 11.5 Å². The largest absolute Gasteiger partial charge is 0.492 e. The van der Waals surface area contributed by atoms with Gasteiger partial charge in [0.05, 0.1) is 6.61 Å². The standard InChI is InChI=1S/C19H22N2O4/c1-10-3-4-14(15-16(10)24-9-19(15)5-6-19)25-13-7-12(8-13)21-17(22)11(2)20-18(21)23/h3-4,11-13H,5-9H2,1-2H3,(H,20,23)/t11-,12-,13-/m0/s1. The average Bonchev–Trinajstić information content (AvgIpc) is 3.14. The molecule has 0 bridgehead atoms. The van der Waals surface area contributed by atoms with E-state index in [1.54, 1.807) is 6.92 Å². The second-order valence-electron chi connectivity index (χ2n) is 7.90. The normalized spacial score (nSPS) is 31.4. The summed E-state index contributed by atoms with van der Waals surface area (Å²) in [5.41, 5.74) is 2.56. The fourth-order valence-electron chi connectivity index (χ4n) is 4.28. The molecule has 1 N–H and O–H groups in total. The number of carbonyl (C=O) groups excluding carboxylic acids is 2. The monoisotopic (exact) mass is 342 g/mol. The molecule has 2 aliphatic carbocycles. The van der Waals surface area contributed by atoms with Crippen molar-refractivity contribution in [3.63, 3.8) is 0 Å². The highest BCUT2D eigenvalue weighted by atomic mass is 16.5. The van der Waals surface area contributed by atoms with Gasteiger partial charge in [-0.3, -0.25) is 9.69 Å². The molecule has 1 atom stereocenters. The number of aryl methyl sites for hydroxylation is 1. The number of nitrogens with zero attached hydrogens (tertiary/aromatic N) is 1. The van der Waals surface area contributed by atoms with E-state index in [4.69, 9.17) is 9.47 Å². The van der Waals surface area contributed by atoms with Gasteiger partial charge in [0, 0.05) is 29.9 Å². The molecular formula is C19H22N2O4. The second kappa shape index (κ2) is 4.90. The lowest BCUT2D eigenvalue weighted by Crippen LogP contribution is -2.52. The van der Waals surface area contributed by atoms with Crippen molar-refractivity contribution in [2.24, 2.45) is 0 Å². The van der Waals surface area contributed by atoms with Crippen LogP contribution >= 0.6 is 0 Å². The van der Waals surface area contributed by atoms with Gasteiger partial charge in [0.2, 0.25) is 0 Å². The van der Waals surface area contributed by atoms with Crippen molar-refractivity contribution in [1.82, 2.24) is 10.2 Å². The smallest absolute Gasteiger partial charge is 0.325 e. The number of fused-ring (bicyclic) bond motifs is 2. The Labute approximate surface area is 146 Å². The van der Waals surface area contributed by atoms with Crippen LogP contribution in [-0.2, 0) is 10.2 Å². The van der Waals surface area contributed by atoms with E-state index in [0.29, 0.717) is 12.8 Å². The molecule has 2 aliphatic heterocycles. The van der Waals surface area contributed by atoms with Crippen molar-refractivity contribution in [3.05, 3.63) is 23.3 Å². The summed E-state index contributed by atoms with van der Waals surface area (Å²) in [4.78, 5) is 25.4. The van der Waals surface area contributed by atoms with Gasteiger partial charge < -0.3 is 14.8 Å². The summed E-state index contributed by atoms with van der Waals surface area (Å²) in [5.74, 6) is 1.79. The number of nitrogens with one attached hydrogen (secondary N) is 1. The molecular weight excluding hydrogens is 320 g/mol. The summed E-state index contributed by atoms with van der Waals surface area (Å²) in [6.45, 7) is 4.55. The van der Waals surface area contributed by atoms with Crippen LogP contribution in [0.3, 0.4) is 0 Å². The van der Waals surface area contributed by atoms with Gasteiger partial charge in [-0.05, 0) is 38.3 Å². The van der Waals surface area contributed by atoms with E-state index in [1.807, 2.05) is 12.1 Å². The van der Waals surface area contributed by atoms with E-state index < -0.39 is 6.04 Å². The second-order valence-corrected chi connectivity index (χ2v) is 7.90. The highest BCUT2D eigenvalue weighted by Crippen LogP contribution is 2.59. The average molecular weight is 342 g/mol. The van der Waals surface area contributed by atoms with Gasteiger partial charge in [0.1, 0.15) is 23.6 Å². The minimum atomic E-state index is -0.417. The van der Waals surface area contributed by atoms with Gasteiger partial charge in [-0.25, -0.2) is 4.79 Å². The summed E-state index contributed by atoms with van der Waals surface area (Å²) < 4.78 is 12.2. The topological polar surface area (TPSA) is 67.9 Å². The Hall–Kier alpha value is -2.24. The maximum absolute atomic E-state index is 12.1. The first kappa shape index (κ1) is 15.0. The predicted octanol–water partition coefficient (Wildman–Crippen LogP) is 2.27. The molecule has 25 heavy (non-hydrogen) atoms. The lowest BCUT2D eigenvalue weighted by molar-refractivity contribution is -0.131. The summed E-state index contributed by atoms with van der Waals surface area (Å²) in [5, 5.41) is 2.67. The van der Waals surface area contributed by atoms with Gasteiger partial charge in [0.15, 0.2) is 0 Å². The number of ether oxygens (including phenoxy) is 2. The van der Waals surface area contributed by atoms with E-state index in [0.717, 1.165) is 36.5 Å². The zero-order valence-electron chi connectivity index (χ0n) is 14.5. The number of imide groups is 1. The molecule has 0 radical (unpaired) electrons. The molecule has 2 saturated carbocycles. The van der Waals surface area contributed by atoms with Crippen LogP contribution in [0.15, 0.2) is 12.1 Å². The summed E-state index contributed by atoms with van der Waals surface area (Å²) >= 11 is 0. The van der Waals surface area contributed by atoms with E-state index in [9.17, 15) is 9.59 Å². The molecule has 3 fully saturated rings. The van der Waals surface area contributed by atoms with Crippen LogP contribution in [0, 0.1) is 6.92 Å². The van der Waals surface area contributed by atoms with Crippen LogP contribution in [0.25, 0.3) is 0 Å². The van der Waals surface area contributed by atoms with Crippen molar-refractivity contribution in [2.75, 3.05) is 6.61 Å². The molecule has 2 heterocycles. The molecule has 1 aromatic carbocycles. The molecule has 4 aliphatic rings. The van der Waals surface area contributed by atoms with Crippen molar-refractivity contribution in [1.29, 1.82) is 0 Å². The van der Waals surface area contributed by atoms with Gasteiger partial charge in [-0.1, -0.05) is 6.07 Å². The third-order valence-electron chi connectivity index (χ3n) is 6.09. The van der Waals surface area contributed by atoms with Gasteiger partial charge in [0.25, 0.3) is 5.91 Å². The predicted molar refractivity (Wildman–Crippen MR) is 89.9 cm³/mol. The minimum Gasteiger partial charge on any atom is -0.492 e. The Morgan fingerprint density at radius 3 is 2.68 bits per heavy atom. The number of rotatable bonds is 3. The van der Waals surface area contributed by atoms with Crippen LogP contribution in [0.4, 0.5) is 4.79 Å².